The number of nitrogens with two attached hydrogens (primary N) is 1. The van der Waals surface area contributed by atoms with E-state index in [9.17, 15) is 24.3 Å². The van der Waals surface area contributed by atoms with Crippen LogP contribution in [0.5, 0.6) is 0 Å². The predicted octanol–water partition coefficient (Wildman–Crippen LogP) is -2.07. The number of aliphatic hydroxyl groups is 1. The fourth-order valence-electron chi connectivity index (χ4n) is 1.91. The molecule has 0 aromatic rings. The Balaban J connectivity index is 4.58. The van der Waals surface area contributed by atoms with Crippen molar-refractivity contribution in [3.05, 3.63) is 0 Å². The van der Waals surface area contributed by atoms with E-state index in [0.29, 0.717) is 6.42 Å². The van der Waals surface area contributed by atoms with Gasteiger partial charge in [0.15, 0.2) is 0 Å². The smallest absolute Gasteiger partial charge is 0.325 e. The molecule has 3 amide bonds. The third kappa shape index (κ3) is 9.01. The van der Waals surface area contributed by atoms with Crippen molar-refractivity contribution >= 4 is 23.7 Å². The van der Waals surface area contributed by atoms with Crippen LogP contribution < -0.4 is 21.7 Å². The molecule has 0 spiro atoms. The molecule has 0 fully saturated rings. The Bertz CT molecular complexity index is 494. The van der Waals surface area contributed by atoms with E-state index in [1.165, 1.54) is 13.8 Å². The van der Waals surface area contributed by atoms with Gasteiger partial charge in [0, 0.05) is 0 Å². The summed E-state index contributed by atoms with van der Waals surface area (Å²) in [6.45, 7) is 5.91. The summed E-state index contributed by atoms with van der Waals surface area (Å²) >= 11 is 0. The van der Waals surface area contributed by atoms with Gasteiger partial charge in [-0.15, -0.1) is 0 Å². The third-order valence-electron chi connectivity index (χ3n) is 3.30. The Hall–Kier alpha value is -2.20. The summed E-state index contributed by atoms with van der Waals surface area (Å²) in [6.07, 6.45) is -0.803. The lowest BCUT2D eigenvalue weighted by Crippen LogP contribution is -2.56. The van der Waals surface area contributed by atoms with Crippen molar-refractivity contribution in [3.8, 4) is 0 Å². The summed E-state index contributed by atoms with van der Waals surface area (Å²) in [5, 5.41) is 25.1. The first kappa shape index (κ1) is 22.8. The summed E-state index contributed by atoms with van der Waals surface area (Å²) in [7, 11) is 0. The number of carbonyl (C=O) groups excluding carboxylic acids is 3. The van der Waals surface area contributed by atoms with Crippen LogP contribution in [-0.4, -0.2) is 64.7 Å². The number of amides is 3. The van der Waals surface area contributed by atoms with Crippen LogP contribution in [0, 0.1) is 5.92 Å². The summed E-state index contributed by atoms with van der Waals surface area (Å²) in [6, 6.07) is -3.28. The summed E-state index contributed by atoms with van der Waals surface area (Å²) < 4.78 is 0. The molecular formula is C15H28N4O6. The molecule has 0 radical (unpaired) electrons. The molecule has 10 nitrogen and oxygen atoms in total. The normalized spacial score (nSPS) is 15.6. The van der Waals surface area contributed by atoms with Crippen LogP contribution in [0.4, 0.5) is 0 Å². The van der Waals surface area contributed by atoms with Gasteiger partial charge in [-0.2, -0.15) is 0 Å². The number of carboxylic acid groups (broad SMARTS) is 1. The summed E-state index contributed by atoms with van der Waals surface area (Å²) in [4.78, 5) is 46.3. The van der Waals surface area contributed by atoms with Gasteiger partial charge in [0.05, 0.1) is 18.7 Å². The zero-order chi connectivity index (χ0) is 19.7. The second kappa shape index (κ2) is 10.6. The van der Waals surface area contributed by atoms with Crippen LogP contribution in [0.3, 0.4) is 0 Å². The van der Waals surface area contributed by atoms with Crippen molar-refractivity contribution in [2.24, 2.45) is 11.7 Å². The quantitative estimate of drug-likeness (QED) is 0.260. The van der Waals surface area contributed by atoms with Gasteiger partial charge in [-0.3, -0.25) is 19.2 Å². The number of aliphatic carboxylic acids is 1. The maximum absolute atomic E-state index is 11.9. The molecule has 0 saturated heterocycles. The van der Waals surface area contributed by atoms with E-state index >= 15 is 0 Å². The number of aliphatic hydroxyl groups excluding tert-OH is 1. The minimum Gasteiger partial charge on any atom is -0.480 e. The average molecular weight is 360 g/mol. The Morgan fingerprint density at radius 3 is 2.00 bits per heavy atom. The van der Waals surface area contributed by atoms with Gasteiger partial charge in [0.2, 0.25) is 17.7 Å². The molecule has 7 N–H and O–H groups in total. The first-order valence-electron chi connectivity index (χ1n) is 7.99. The molecule has 0 aromatic heterocycles. The van der Waals surface area contributed by atoms with Gasteiger partial charge in [0.25, 0.3) is 0 Å². The fraction of sp³-hybridized carbons (Fsp3) is 0.733. The lowest BCUT2D eigenvalue weighted by atomic mass is 10.0. The van der Waals surface area contributed by atoms with Crippen LogP contribution in [0.2, 0.25) is 0 Å². The van der Waals surface area contributed by atoms with E-state index in [1.807, 2.05) is 13.8 Å². The first-order valence-corrected chi connectivity index (χ1v) is 7.99. The molecule has 0 saturated carbocycles. The van der Waals surface area contributed by atoms with E-state index < -0.39 is 54.5 Å². The highest BCUT2D eigenvalue weighted by Crippen LogP contribution is 2.02. The van der Waals surface area contributed by atoms with E-state index in [1.54, 1.807) is 0 Å². The van der Waals surface area contributed by atoms with E-state index in [-0.39, 0.29) is 5.92 Å². The van der Waals surface area contributed by atoms with Gasteiger partial charge in [0.1, 0.15) is 12.1 Å². The maximum Gasteiger partial charge on any atom is 0.325 e. The molecule has 0 heterocycles. The highest BCUT2D eigenvalue weighted by atomic mass is 16.4. The first-order chi connectivity index (χ1) is 11.5. The molecule has 0 rings (SSSR count). The van der Waals surface area contributed by atoms with Crippen molar-refractivity contribution < 1.29 is 29.4 Å². The topological polar surface area (TPSA) is 171 Å². The Labute approximate surface area is 146 Å². The molecule has 0 aliphatic rings. The summed E-state index contributed by atoms with van der Waals surface area (Å²) in [5.74, 6) is -3.10. The van der Waals surface area contributed by atoms with Crippen LogP contribution >= 0.6 is 0 Å². The van der Waals surface area contributed by atoms with E-state index in [0.717, 1.165) is 0 Å². The number of carbonyl (C=O) groups is 4. The van der Waals surface area contributed by atoms with Crippen molar-refractivity contribution in [1.29, 1.82) is 0 Å². The second-order valence-corrected chi connectivity index (χ2v) is 6.31. The van der Waals surface area contributed by atoms with Gasteiger partial charge < -0.3 is 31.9 Å². The SMILES string of the molecule is CC(C)CC(N)C(=O)NCC(=O)NC(C(=O)NC(C)C(=O)O)C(C)O. The molecule has 0 bridgehead atoms. The third-order valence-corrected chi connectivity index (χ3v) is 3.30. The molecule has 0 aliphatic heterocycles. The van der Waals surface area contributed by atoms with Crippen LogP contribution in [0.25, 0.3) is 0 Å². The molecule has 0 aliphatic carbocycles. The lowest BCUT2D eigenvalue weighted by Gasteiger charge is -2.22. The van der Waals surface area contributed by atoms with Crippen molar-refractivity contribution in [2.75, 3.05) is 6.54 Å². The monoisotopic (exact) mass is 360 g/mol. The zero-order valence-electron chi connectivity index (χ0n) is 14.9. The molecule has 25 heavy (non-hydrogen) atoms. The standard InChI is InChI=1S/C15H28N4O6/c1-7(2)5-10(16)13(22)17-6-11(21)19-12(9(4)20)14(23)18-8(3)15(24)25/h7-10,12,20H,5-6,16H2,1-4H3,(H,17,22)(H,18,23)(H,19,21)(H,24,25). The zero-order valence-corrected chi connectivity index (χ0v) is 14.9. The maximum atomic E-state index is 11.9. The molecule has 144 valence electrons. The van der Waals surface area contributed by atoms with E-state index in [4.69, 9.17) is 10.8 Å². The number of carboxylic acids is 1. The summed E-state index contributed by atoms with van der Waals surface area (Å²) in [5.41, 5.74) is 5.68. The minimum absolute atomic E-state index is 0.217. The predicted molar refractivity (Wildman–Crippen MR) is 89.3 cm³/mol. The number of hydrogen-bond donors (Lipinski definition) is 6. The van der Waals surface area contributed by atoms with Crippen molar-refractivity contribution in [1.82, 2.24) is 16.0 Å². The van der Waals surface area contributed by atoms with Gasteiger partial charge in [-0.1, -0.05) is 13.8 Å². The van der Waals surface area contributed by atoms with Crippen LogP contribution in [0.15, 0.2) is 0 Å². The van der Waals surface area contributed by atoms with Crippen LogP contribution in [0.1, 0.15) is 34.1 Å². The van der Waals surface area contributed by atoms with Gasteiger partial charge in [-0.05, 0) is 26.2 Å². The minimum atomic E-state index is -1.35. The number of nitrogens with one attached hydrogen (secondary N) is 3. The largest absolute Gasteiger partial charge is 0.480 e. The highest BCUT2D eigenvalue weighted by Gasteiger charge is 2.28. The molecule has 0 aromatic carbocycles. The van der Waals surface area contributed by atoms with Crippen molar-refractivity contribution in [2.45, 2.75) is 58.3 Å². The Morgan fingerprint density at radius 2 is 1.56 bits per heavy atom. The van der Waals surface area contributed by atoms with Gasteiger partial charge >= 0.3 is 5.97 Å². The Morgan fingerprint density at radius 1 is 1.00 bits per heavy atom. The Kier molecular flexibility index (Phi) is 9.69. The number of rotatable bonds is 10. The average Bonchev–Trinajstić information content (AvgIpc) is 2.48. The van der Waals surface area contributed by atoms with Gasteiger partial charge in [-0.25, -0.2) is 0 Å². The second-order valence-electron chi connectivity index (χ2n) is 6.31. The highest BCUT2D eigenvalue weighted by molar-refractivity contribution is 5.92. The van der Waals surface area contributed by atoms with Crippen LogP contribution in [-0.2, 0) is 19.2 Å². The molecular weight excluding hydrogens is 332 g/mol. The molecule has 4 atom stereocenters. The number of hydrogen-bond acceptors (Lipinski definition) is 6. The lowest BCUT2D eigenvalue weighted by molar-refractivity contribution is -0.142. The molecule has 4 unspecified atom stereocenters. The van der Waals surface area contributed by atoms with E-state index in [2.05, 4.69) is 16.0 Å². The molecule has 10 heteroatoms. The van der Waals surface area contributed by atoms with Crippen molar-refractivity contribution in [3.63, 3.8) is 0 Å². The fourth-order valence-corrected chi connectivity index (χ4v) is 1.91.